The second-order valence-electron chi connectivity index (χ2n) is 16.3. The van der Waals surface area contributed by atoms with Gasteiger partial charge in [-0.3, -0.25) is 18.6 Å². The number of hydrogen-bond acceptors (Lipinski definition) is 12. The minimum absolute atomic E-state index is 0.0856. The van der Waals surface area contributed by atoms with Crippen molar-refractivity contribution in [2.45, 2.75) is 230 Å². The van der Waals surface area contributed by atoms with E-state index in [0.29, 0.717) is 12.8 Å². The third kappa shape index (κ3) is 28.6. The predicted molar refractivity (Wildman–Crippen MR) is 235 cm³/mol. The third-order valence-electron chi connectivity index (χ3n) is 10.7. The molecule has 60 heavy (non-hydrogen) atoms. The van der Waals surface area contributed by atoms with E-state index in [2.05, 4.69) is 50.3 Å². The van der Waals surface area contributed by atoms with Crippen LogP contribution in [0.3, 0.4) is 0 Å². The van der Waals surface area contributed by atoms with E-state index in [-0.39, 0.29) is 12.8 Å². The van der Waals surface area contributed by atoms with E-state index >= 15 is 0 Å². The van der Waals surface area contributed by atoms with Gasteiger partial charge in [0, 0.05) is 12.8 Å². The van der Waals surface area contributed by atoms with Gasteiger partial charge in [-0.05, 0) is 70.6 Å². The summed E-state index contributed by atoms with van der Waals surface area (Å²) in [5, 5.41) is 50.1. The lowest BCUT2D eigenvalue weighted by atomic mass is 9.85. The number of phosphoric ester groups is 1. The summed E-state index contributed by atoms with van der Waals surface area (Å²) >= 11 is 0. The smallest absolute Gasteiger partial charge is 0.462 e. The molecule has 0 aliphatic heterocycles. The molecule has 0 aromatic carbocycles. The van der Waals surface area contributed by atoms with Crippen LogP contribution in [0.2, 0.25) is 0 Å². The average Bonchev–Trinajstić information content (AvgIpc) is 3.23. The minimum atomic E-state index is -5.12. The molecule has 0 radical (unpaired) electrons. The number of hydrogen-bond donors (Lipinski definition) is 6. The Labute approximate surface area is 361 Å². The molecule has 0 saturated heterocycles. The van der Waals surface area contributed by atoms with Crippen molar-refractivity contribution in [3.8, 4) is 0 Å². The molecular weight excluding hydrogens is 791 g/mol. The van der Waals surface area contributed by atoms with E-state index in [1.807, 2.05) is 0 Å². The van der Waals surface area contributed by atoms with Gasteiger partial charge in [0.15, 0.2) is 6.10 Å². The first kappa shape index (κ1) is 56.1. The number of ether oxygens (including phenoxy) is 2. The molecule has 0 spiro atoms. The molecule has 0 heterocycles. The fraction of sp³-hybridized carbons (Fsp3) is 0.826. The van der Waals surface area contributed by atoms with Gasteiger partial charge in [0.1, 0.15) is 43.2 Å². The topological polar surface area (TPSA) is 210 Å². The zero-order valence-corrected chi connectivity index (χ0v) is 37.9. The van der Waals surface area contributed by atoms with Crippen LogP contribution in [0.1, 0.15) is 187 Å². The van der Waals surface area contributed by atoms with Crippen LogP contribution >= 0.6 is 7.82 Å². The van der Waals surface area contributed by atoms with Crippen molar-refractivity contribution in [1.82, 2.24) is 0 Å². The maximum absolute atomic E-state index is 12.8. The molecule has 1 aliphatic rings. The van der Waals surface area contributed by atoms with Crippen molar-refractivity contribution >= 4 is 19.8 Å². The molecule has 13 nitrogen and oxygen atoms in total. The van der Waals surface area contributed by atoms with E-state index in [9.17, 15) is 44.6 Å². The number of carbonyl (C=O) groups excluding carboxylic acids is 2. The maximum atomic E-state index is 12.8. The first-order valence-corrected chi connectivity index (χ1v) is 24.8. The van der Waals surface area contributed by atoms with Crippen LogP contribution < -0.4 is 0 Å². The van der Waals surface area contributed by atoms with E-state index in [1.165, 1.54) is 70.6 Å². The maximum Gasteiger partial charge on any atom is 0.472 e. The molecule has 0 aromatic heterocycles. The molecule has 8 atom stereocenters. The molecule has 1 saturated carbocycles. The molecule has 6 unspecified atom stereocenters. The third-order valence-corrected chi connectivity index (χ3v) is 11.7. The molecule has 1 rings (SSSR count). The molecule has 0 amide bonds. The number of phosphoric acid groups is 1. The summed E-state index contributed by atoms with van der Waals surface area (Å²) in [6.45, 7) is 3.23. The molecular formula is C46H83O13P. The van der Waals surface area contributed by atoms with E-state index in [1.54, 1.807) is 0 Å². The quantitative estimate of drug-likeness (QED) is 0.0148. The normalized spacial score (nSPS) is 22.5. The van der Waals surface area contributed by atoms with Crippen LogP contribution in [-0.2, 0) is 32.7 Å². The highest BCUT2D eigenvalue weighted by Gasteiger charge is 2.51. The van der Waals surface area contributed by atoms with Crippen molar-refractivity contribution in [2.75, 3.05) is 13.2 Å². The standard InChI is InChI=1S/C46H83O13P/c1-3-5-7-9-11-13-15-17-18-19-20-21-22-23-25-26-28-30-32-34-39(47)56-36-38(58-40(48)35-33-31-29-27-24-16-14-12-10-8-6-4-2)37-57-60(54,55)59-46-44(52)42(50)41(49)43(51)45(46)53/h11-14,17-18,38,41-46,49-53H,3-10,15-16,19-37H2,1-2H3,(H,54,55)/b13-11+,14-12+,18-17+/t38-,41?,42-,43?,44?,45?,46?/m0/s1. The van der Waals surface area contributed by atoms with E-state index < -0.39 is 75.7 Å². The molecule has 350 valence electrons. The number of esters is 2. The van der Waals surface area contributed by atoms with Gasteiger partial charge in [0.05, 0.1) is 6.61 Å². The number of rotatable bonds is 38. The number of allylic oxidation sites excluding steroid dienone is 6. The lowest BCUT2D eigenvalue weighted by Crippen LogP contribution is -2.64. The first-order valence-electron chi connectivity index (χ1n) is 23.3. The van der Waals surface area contributed by atoms with Gasteiger partial charge in [-0.25, -0.2) is 4.57 Å². The second kappa shape index (κ2) is 36.5. The zero-order valence-electron chi connectivity index (χ0n) is 37.0. The zero-order chi connectivity index (χ0) is 44.3. The van der Waals surface area contributed by atoms with Gasteiger partial charge in [-0.1, -0.05) is 140 Å². The molecule has 14 heteroatoms. The van der Waals surface area contributed by atoms with Gasteiger partial charge in [0.2, 0.25) is 0 Å². The Morgan fingerprint density at radius 1 is 0.517 bits per heavy atom. The number of aliphatic hydroxyl groups is 5. The summed E-state index contributed by atoms with van der Waals surface area (Å²) < 4.78 is 33.5. The van der Waals surface area contributed by atoms with Crippen LogP contribution in [-0.4, -0.2) is 98.3 Å². The highest BCUT2D eigenvalue weighted by atomic mass is 31.2. The fourth-order valence-corrected chi connectivity index (χ4v) is 7.87. The number of carbonyl (C=O) groups is 2. The van der Waals surface area contributed by atoms with Gasteiger partial charge in [-0.15, -0.1) is 0 Å². The summed E-state index contributed by atoms with van der Waals surface area (Å²) in [5.74, 6) is -1.11. The highest BCUT2D eigenvalue weighted by molar-refractivity contribution is 7.47. The number of unbranched alkanes of at least 4 members (excludes halogenated alkanes) is 20. The lowest BCUT2D eigenvalue weighted by molar-refractivity contribution is -0.220. The molecule has 1 fully saturated rings. The summed E-state index contributed by atoms with van der Waals surface area (Å²) in [7, 11) is -5.12. The molecule has 0 aromatic rings. The van der Waals surface area contributed by atoms with Crippen molar-refractivity contribution < 1.29 is 63.1 Å². The summed E-state index contributed by atoms with van der Waals surface area (Å²) in [6, 6.07) is 0. The van der Waals surface area contributed by atoms with Crippen LogP contribution in [0, 0.1) is 0 Å². The lowest BCUT2D eigenvalue weighted by Gasteiger charge is -2.41. The summed E-state index contributed by atoms with van der Waals surface area (Å²) in [6.07, 6.45) is 27.7. The molecule has 0 bridgehead atoms. The van der Waals surface area contributed by atoms with Gasteiger partial charge in [0.25, 0.3) is 0 Å². The molecule has 1 aliphatic carbocycles. The first-order chi connectivity index (χ1) is 28.9. The fourth-order valence-electron chi connectivity index (χ4n) is 6.90. The Bertz CT molecular complexity index is 1190. The Hall–Kier alpha value is -1.93. The Balaban J connectivity index is 2.43. The SMILES string of the molecule is CCCCC/C=C/C/C=C/CCCCCCCCCCCC(=O)OC[C@@H](COP(=O)(O)OC1C(O)C(O)C(O)[C@H](O)C1O)OC(=O)CCCCCCC/C=C/CCCCC. The Morgan fingerprint density at radius 3 is 1.37 bits per heavy atom. The largest absolute Gasteiger partial charge is 0.472 e. The Kier molecular flexibility index (Phi) is 34.2. The van der Waals surface area contributed by atoms with Gasteiger partial charge < -0.3 is 39.9 Å². The van der Waals surface area contributed by atoms with Gasteiger partial charge in [-0.2, -0.15) is 0 Å². The van der Waals surface area contributed by atoms with E-state index in [4.69, 9.17) is 18.5 Å². The minimum Gasteiger partial charge on any atom is -0.462 e. The average molecular weight is 875 g/mol. The Morgan fingerprint density at radius 2 is 0.900 bits per heavy atom. The van der Waals surface area contributed by atoms with Gasteiger partial charge >= 0.3 is 19.8 Å². The van der Waals surface area contributed by atoms with Crippen LogP contribution in [0.4, 0.5) is 0 Å². The number of aliphatic hydroxyl groups excluding tert-OH is 5. The van der Waals surface area contributed by atoms with E-state index in [0.717, 1.165) is 77.0 Å². The summed E-state index contributed by atoms with van der Waals surface area (Å²) in [4.78, 5) is 35.7. The highest BCUT2D eigenvalue weighted by Crippen LogP contribution is 2.47. The van der Waals surface area contributed by atoms with Crippen molar-refractivity contribution in [2.24, 2.45) is 0 Å². The van der Waals surface area contributed by atoms with Crippen molar-refractivity contribution in [3.63, 3.8) is 0 Å². The second-order valence-corrected chi connectivity index (χ2v) is 17.7. The summed E-state index contributed by atoms with van der Waals surface area (Å²) in [5.41, 5.74) is 0. The van der Waals surface area contributed by atoms with Crippen LogP contribution in [0.5, 0.6) is 0 Å². The van der Waals surface area contributed by atoms with Crippen LogP contribution in [0.25, 0.3) is 0 Å². The van der Waals surface area contributed by atoms with Crippen LogP contribution in [0.15, 0.2) is 36.5 Å². The molecule has 6 N–H and O–H groups in total. The monoisotopic (exact) mass is 875 g/mol. The van der Waals surface area contributed by atoms with Crippen molar-refractivity contribution in [3.05, 3.63) is 36.5 Å². The predicted octanol–water partition coefficient (Wildman–Crippen LogP) is 9.00. The van der Waals surface area contributed by atoms with Crippen molar-refractivity contribution in [1.29, 1.82) is 0 Å².